The van der Waals surface area contributed by atoms with Crippen LogP contribution in [-0.2, 0) is 4.79 Å². The molecule has 19 heavy (non-hydrogen) atoms. The molecule has 0 spiro atoms. The summed E-state index contributed by atoms with van der Waals surface area (Å²) in [5, 5.41) is 16.5. The Kier molecular flexibility index (Phi) is 4.52. The number of aldehydes is 1. The number of aliphatic hydroxyl groups excluding tert-OH is 1. The van der Waals surface area contributed by atoms with Crippen LogP contribution in [0.3, 0.4) is 0 Å². The van der Waals surface area contributed by atoms with Gasteiger partial charge in [0.05, 0.1) is 11.4 Å². The SMILES string of the molecule is CCCCC1=C(C(O)c2ccccn2)NC(C=O)N1. The van der Waals surface area contributed by atoms with Crippen LogP contribution in [-0.4, -0.2) is 22.5 Å². The minimum absolute atomic E-state index is 0.458. The number of hydrogen-bond acceptors (Lipinski definition) is 5. The highest BCUT2D eigenvalue weighted by Crippen LogP contribution is 2.25. The number of aliphatic hydroxyl groups is 1. The number of nitrogens with one attached hydrogen (secondary N) is 2. The van der Waals surface area contributed by atoms with Gasteiger partial charge < -0.3 is 15.7 Å². The molecule has 5 nitrogen and oxygen atoms in total. The van der Waals surface area contributed by atoms with E-state index in [0.29, 0.717) is 11.4 Å². The molecule has 1 aromatic heterocycles. The zero-order valence-electron chi connectivity index (χ0n) is 11.0. The number of rotatable bonds is 6. The smallest absolute Gasteiger partial charge is 0.162 e. The Bertz CT molecular complexity index is 459. The summed E-state index contributed by atoms with van der Waals surface area (Å²) < 4.78 is 0. The van der Waals surface area contributed by atoms with Crippen LogP contribution in [0.5, 0.6) is 0 Å². The molecule has 2 heterocycles. The summed E-state index contributed by atoms with van der Waals surface area (Å²) in [5.41, 5.74) is 2.13. The van der Waals surface area contributed by atoms with Crippen LogP contribution in [0.2, 0.25) is 0 Å². The summed E-state index contributed by atoms with van der Waals surface area (Å²) in [5.74, 6) is 0. The van der Waals surface area contributed by atoms with Crippen LogP contribution in [0, 0.1) is 0 Å². The van der Waals surface area contributed by atoms with Crippen molar-refractivity contribution in [2.45, 2.75) is 38.5 Å². The number of hydrogen-bond donors (Lipinski definition) is 3. The maximum absolute atomic E-state index is 10.9. The van der Waals surface area contributed by atoms with Gasteiger partial charge in [-0.25, -0.2) is 0 Å². The lowest BCUT2D eigenvalue weighted by molar-refractivity contribution is -0.109. The molecule has 1 aromatic rings. The van der Waals surface area contributed by atoms with Crippen molar-refractivity contribution >= 4 is 6.29 Å². The number of nitrogens with zero attached hydrogens (tertiary/aromatic N) is 1. The van der Waals surface area contributed by atoms with E-state index >= 15 is 0 Å². The second-order valence-corrected chi connectivity index (χ2v) is 4.56. The van der Waals surface area contributed by atoms with Gasteiger partial charge in [-0.15, -0.1) is 0 Å². The van der Waals surface area contributed by atoms with Crippen LogP contribution in [0.1, 0.15) is 38.0 Å². The molecule has 1 aliphatic heterocycles. The van der Waals surface area contributed by atoms with Crippen molar-refractivity contribution in [3.63, 3.8) is 0 Å². The van der Waals surface area contributed by atoms with Crippen LogP contribution >= 0.6 is 0 Å². The van der Waals surface area contributed by atoms with Crippen LogP contribution in [0.15, 0.2) is 35.8 Å². The molecule has 0 saturated carbocycles. The molecule has 1 aliphatic rings. The Labute approximate surface area is 112 Å². The van der Waals surface area contributed by atoms with Gasteiger partial charge in [-0.05, 0) is 25.0 Å². The van der Waals surface area contributed by atoms with Crippen molar-refractivity contribution < 1.29 is 9.90 Å². The van der Waals surface area contributed by atoms with Crippen molar-refractivity contribution in [1.29, 1.82) is 0 Å². The van der Waals surface area contributed by atoms with E-state index in [0.717, 1.165) is 31.2 Å². The molecule has 102 valence electrons. The molecule has 0 radical (unpaired) electrons. The average molecular weight is 261 g/mol. The van der Waals surface area contributed by atoms with Gasteiger partial charge in [0.15, 0.2) is 12.5 Å². The largest absolute Gasteiger partial charge is 0.380 e. The number of carbonyl (C=O) groups excluding carboxylic acids is 1. The van der Waals surface area contributed by atoms with Crippen LogP contribution in [0.25, 0.3) is 0 Å². The highest BCUT2D eigenvalue weighted by Gasteiger charge is 2.27. The number of aromatic nitrogens is 1. The van der Waals surface area contributed by atoms with E-state index in [-0.39, 0.29) is 0 Å². The van der Waals surface area contributed by atoms with Gasteiger partial charge in [-0.2, -0.15) is 0 Å². The number of allylic oxidation sites excluding steroid dienone is 1. The molecule has 0 amide bonds. The molecule has 0 fully saturated rings. The first-order chi connectivity index (χ1) is 9.26. The van der Waals surface area contributed by atoms with Crippen LogP contribution in [0.4, 0.5) is 0 Å². The second-order valence-electron chi connectivity index (χ2n) is 4.56. The van der Waals surface area contributed by atoms with Crippen molar-refractivity contribution in [2.24, 2.45) is 0 Å². The fourth-order valence-corrected chi connectivity index (χ4v) is 2.11. The van der Waals surface area contributed by atoms with Gasteiger partial charge in [0, 0.05) is 11.9 Å². The molecule has 3 N–H and O–H groups in total. The summed E-state index contributed by atoms with van der Waals surface area (Å²) in [6.45, 7) is 2.11. The molecule has 0 saturated heterocycles. The lowest BCUT2D eigenvalue weighted by Gasteiger charge is -2.13. The zero-order chi connectivity index (χ0) is 13.7. The maximum Gasteiger partial charge on any atom is 0.162 e. The first-order valence-electron chi connectivity index (χ1n) is 6.56. The normalized spacial score (nSPS) is 19.8. The third kappa shape index (κ3) is 3.12. The first kappa shape index (κ1) is 13.5. The van der Waals surface area contributed by atoms with Crippen molar-refractivity contribution in [2.75, 3.05) is 0 Å². The summed E-state index contributed by atoms with van der Waals surface area (Å²) in [7, 11) is 0. The van der Waals surface area contributed by atoms with Crippen molar-refractivity contribution in [3.8, 4) is 0 Å². The topological polar surface area (TPSA) is 74.2 Å². The average Bonchev–Trinajstić information content (AvgIpc) is 2.88. The van der Waals surface area contributed by atoms with Crippen molar-refractivity contribution in [3.05, 3.63) is 41.5 Å². The molecule has 2 atom stereocenters. The Morgan fingerprint density at radius 3 is 2.95 bits per heavy atom. The third-order valence-electron chi connectivity index (χ3n) is 3.12. The van der Waals surface area contributed by atoms with E-state index in [1.165, 1.54) is 0 Å². The second kappa shape index (κ2) is 6.33. The Morgan fingerprint density at radius 2 is 2.32 bits per heavy atom. The first-order valence-corrected chi connectivity index (χ1v) is 6.56. The molecule has 2 rings (SSSR count). The van der Waals surface area contributed by atoms with E-state index in [4.69, 9.17) is 0 Å². The third-order valence-corrected chi connectivity index (χ3v) is 3.12. The standard InChI is InChI=1S/C14H19N3O2/c1-2-3-6-10-13(17-12(9-18)16-10)14(19)11-7-4-5-8-15-11/h4-5,7-9,12,14,16-17,19H,2-3,6H2,1H3. The predicted octanol–water partition coefficient (Wildman–Crippen LogP) is 1.23. The van der Waals surface area contributed by atoms with Gasteiger partial charge in [-0.1, -0.05) is 19.4 Å². The summed E-state index contributed by atoms with van der Waals surface area (Å²) in [6, 6.07) is 5.40. The monoisotopic (exact) mass is 261 g/mol. The van der Waals surface area contributed by atoms with Crippen molar-refractivity contribution in [1.82, 2.24) is 15.6 Å². The lowest BCUT2D eigenvalue weighted by atomic mass is 10.1. The maximum atomic E-state index is 10.9. The number of pyridine rings is 1. The van der Waals surface area contributed by atoms with E-state index in [9.17, 15) is 9.90 Å². The predicted molar refractivity (Wildman–Crippen MR) is 71.9 cm³/mol. The molecular formula is C14H19N3O2. The quantitative estimate of drug-likeness (QED) is 0.672. The highest BCUT2D eigenvalue weighted by molar-refractivity contribution is 5.60. The number of unbranched alkanes of at least 4 members (excludes halogenated alkanes) is 1. The Balaban J connectivity index is 2.20. The van der Waals surface area contributed by atoms with Gasteiger partial charge in [-0.3, -0.25) is 9.78 Å². The van der Waals surface area contributed by atoms with Gasteiger partial charge in [0.2, 0.25) is 0 Å². The highest BCUT2D eigenvalue weighted by atomic mass is 16.3. The molecule has 5 heteroatoms. The molecule has 0 aliphatic carbocycles. The lowest BCUT2D eigenvalue weighted by Crippen LogP contribution is -2.35. The van der Waals surface area contributed by atoms with Gasteiger partial charge in [0.25, 0.3) is 0 Å². The minimum atomic E-state index is -0.828. The fraction of sp³-hybridized carbons (Fsp3) is 0.429. The fourth-order valence-electron chi connectivity index (χ4n) is 2.11. The van der Waals surface area contributed by atoms with E-state index < -0.39 is 12.3 Å². The summed E-state index contributed by atoms with van der Waals surface area (Å²) in [4.78, 5) is 15.0. The Morgan fingerprint density at radius 1 is 1.47 bits per heavy atom. The Hall–Kier alpha value is -1.88. The van der Waals surface area contributed by atoms with E-state index in [1.807, 2.05) is 6.07 Å². The van der Waals surface area contributed by atoms with Gasteiger partial charge in [0.1, 0.15) is 6.10 Å². The summed E-state index contributed by atoms with van der Waals surface area (Å²) in [6.07, 6.45) is 4.03. The van der Waals surface area contributed by atoms with Gasteiger partial charge >= 0.3 is 0 Å². The number of carbonyl (C=O) groups is 1. The summed E-state index contributed by atoms with van der Waals surface area (Å²) >= 11 is 0. The van der Waals surface area contributed by atoms with E-state index in [2.05, 4.69) is 22.5 Å². The molecule has 0 aromatic carbocycles. The van der Waals surface area contributed by atoms with E-state index in [1.54, 1.807) is 18.3 Å². The minimum Gasteiger partial charge on any atom is -0.380 e. The van der Waals surface area contributed by atoms with Crippen LogP contribution < -0.4 is 10.6 Å². The zero-order valence-corrected chi connectivity index (χ0v) is 11.0. The molecular weight excluding hydrogens is 242 g/mol. The molecule has 2 unspecified atom stereocenters. The molecule has 0 bridgehead atoms.